The molecule has 1 rings (SSSR count). The number of nitrogens with zero attached hydrogens (tertiary/aromatic N) is 1. The SMILES string of the molecule is CCC[CH2][Sn]/[C](N)=C/N(N)c1ccccc1. The van der Waals surface area contributed by atoms with E-state index in [0.29, 0.717) is 0 Å². The van der Waals surface area contributed by atoms with E-state index in [1.807, 2.05) is 36.5 Å². The molecule has 4 heteroatoms. The molecule has 0 bridgehead atoms. The molecule has 1 aromatic carbocycles. The summed E-state index contributed by atoms with van der Waals surface area (Å²) in [6.07, 6.45) is 4.41. The number of rotatable bonds is 6. The van der Waals surface area contributed by atoms with Gasteiger partial charge < -0.3 is 0 Å². The first-order chi connectivity index (χ1) is 7.74. The number of hydrogen-bond acceptors (Lipinski definition) is 3. The van der Waals surface area contributed by atoms with Crippen molar-refractivity contribution >= 4 is 26.8 Å². The van der Waals surface area contributed by atoms with Gasteiger partial charge in [-0.05, 0) is 0 Å². The van der Waals surface area contributed by atoms with E-state index < -0.39 is 21.1 Å². The molecule has 0 aliphatic heterocycles. The van der Waals surface area contributed by atoms with Crippen LogP contribution in [0.1, 0.15) is 19.8 Å². The molecular formula is C12H19N3Sn. The van der Waals surface area contributed by atoms with E-state index in [2.05, 4.69) is 6.92 Å². The van der Waals surface area contributed by atoms with Crippen LogP contribution in [0.4, 0.5) is 5.69 Å². The van der Waals surface area contributed by atoms with Gasteiger partial charge in [0.05, 0.1) is 0 Å². The van der Waals surface area contributed by atoms with Crippen LogP contribution in [0.15, 0.2) is 40.2 Å². The normalized spacial score (nSPS) is 11.5. The van der Waals surface area contributed by atoms with E-state index >= 15 is 0 Å². The molecule has 0 aliphatic rings. The van der Waals surface area contributed by atoms with Gasteiger partial charge >= 0.3 is 108 Å². The van der Waals surface area contributed by atoms with Crippen molar-refractivity contribution in [2.24, 2.45) is 11.6 Å². The third-order valence-electron chi connectivity index (χ3n) is 2.19. The van der Waals surface area contributed by atoms with E-state index in [0.717, 1.165) is 9.40 Å². The first-order valence-electron chi connectivity index (χ1n) is 5.54. The van der Waals surface area contributed by atoms with Gasteiger partial charge in [0.1, 0.15) is 0 Å². The third-order valence-corrected chi connectivity index (χ3v) is 5.45. The Morgan fingerprint density at radius 1 is 1.38 bits per heavy atom. The van der Waals surface area contributed by atoms with Gasteiger partial charge in [0, 0.05) is 0 Å². The summed E-state index contributed by atoms with van der Waals surface area (Å²) in [7, 11) is 0. The molecule has 0 amide bonds. The first-order valence-corrected chi connectivity index (χ1v) is 8.98. The van der Waals surface area contributed by atoms with Crippen molar-refractivity contribution in [1.29, 1.82) is 0 Å². The van der Waals surface area contributed by atoms with Gasteiger partial charge in [-0.3, -0.25) is 0 Å². The summed E-state index contributed by atoms with van der Waals surface area (Å²) in [4.78, 5) is 0. The fraction of sp³-hybridized carbons (Fsp3) is 0.333. The van der Waals surface area contributed by atoms with Crippen LogP contribution in [0.3, 0.4) is 0 Å². The van der Waals surface area contributed by atoms with E-state index in [1.54, 1.807) is 5.01 Å². The molecule has 0 fully saturated rings. The van der Waals surface area contributed by atoms with Gasteiger partial charge in [-0.1, -0.05) is 0 Å². The average molecular weight is 324 g/mol. The quantitative estimate of drug-likeness (QED) is 0.364. The van der Waals surface area contributed by atoms with Crippen LogP contribution < -0.4 is 16.6 Å². The van der Waals surface area contributed by atoms with Crippen molar-refractivity contribution in [3.05, 3.63) is 40.2 Å². The average Bonchev–Trinajstić information content (AvgIpc) is 2.30. The Balaban J connectivity index is 2.49. The molecule has 0 heterocycles. The Hall–Kier alpha value is -0.681. The molecule has 0 atom stereocenters. The number of anilines is 1. The van der Waals surface area contributed by atoms with Crippen molar-refractivity contribution in [3.8, 4) is 0 Å². The summed E-state index contributed by atoms with van der Waals surface area (Å²) < 4.78 is 2.30. The summed E-state index contributed by atoms with van der Waals surface area (Å²) in [5.74, 6) is 5.90. The number of hydrogen-bond donors (Lipinski definition) is 2. The number of hydrazine groups is 1. The number of nitrogens with two attached hydrogens (primary N) is 2. The Labute approximate surface area is 108 Å². The zero-order chi connectivity index (χ0) is 11.8. The van der Waals surface area contributed by atoms with Gasteiger partial charge in [-0.25, -0.2) is 0 Å². The molecule has 0 saturated heterocycles. The maximum atomic E-state index is 5.97. The molecule has 86 valence electrons. The van der Waals surface area contributed by atoms with Crippen molar-refractivity contribution in [3.63, 3.8) is 0 Å². The third kappa shape index (κ3) is 4.90. The zero-order valence-corrected chi connectivity index (χ0v) is 12.5. The second-order valence-corrected chi connectivity index (χ2v) is 7.69. The topological polar surface area (TPSA) is 55.3 Å². The summed E-state index contributed by atoms with van der Waals surface area (Å²) in [6, 6.07) is 9.86. The molecule has 0 aromatic heterocycles. The standard InChI is InChI=1S/C8H10N3.C4H9.Sn/c9-6-7-11(10)8-4-2-1-3-5-8;1-3-4-2;/h1-5,7H,9-10H2;1,3-4H2,2H3;. The van der Waals surface area contributed by atoms with Crippen LogP contribution >= 0.6 is 0 Å². The minimum atomic E-state index is -0.578. The maximum absolute atomic E-state index is 5.97. The van der Waals surface area contributed by atoms with Gasteiger partial charge in [0.25, 0.3) is 0 Å². The van der Waals surface area contributed by atoms with E-state index in [9.17, 15) is 0 Å². The molecule has 16 heavy (non-hydrogen) atoms. The summed E-state index contributed by atoms with van der Waals surface area (Å²) >= 11 is -0.578. The van der Waals surface area contributed by atoms with Gasteiger partial charge in [0.2, 0.25) is 0 Å². The Morgan fingerprint density at radius 2 is 2.06 bits per heavy atom. The predicted molar refractivity (Wildman–Crippen MR) is 70.8 cm³/mol. The van der Waals surface area contributed by atoms with Crippen molar-refractivity contribution in [1.82, 2.24) is 0 Å². The van der Waals surface area contributed by atoms with E-state index in [1.165, 1.54) is 17.3 Å². The monoisotopic (exact) mass is 325 g/mol. The number of benzene rings is 1. The van der Waals surface area contributed by atoms with Crippen LogP contribution in [-0.2, 0) is 0 Å². The van der Waals surface area contributed by atoms with Crippen LogP contribution in [0, 0.1) is 0 Å². The summed E-state index contributed by atoms with van der Waals surface area (Å²) in [5.41, 5.74) is 6.94. The van der Waals surface area contributed by atoms with Gasteiger partial charge in [0.15, 0.2) is 0 Å². The van der Waals surface area contributed by atoms with Crippen LogP contribution in [0.5, 0.6) is 0 Å². The molecule has 0 spiro atoms. The summed E-state index contributed by atoms with van der Waals surface area (Å²) in [5, 5.41) is 1.61. The molecular weight excluding hydrogens is 305 g/mol. The van der Waals surface area contributed by atoms with Crippen molar-refractivity contribution in [2.45, 2.75) is 24.2 Å². The molecule has 0 aliphatic carbocycles. The molecule has 0 saturated carbocycles. The predicted octanol–water partition coefficient (Wildman–Crippen LogP) is 2.05. The van der Waals surface area contributed by atoms with Gasteiger partial charge in [-0.2, -0.15) is 0 Å². The van der Waals surface area contributed by atoms with Crippen LogP contribution in [0.2, 0.25) is 4.44 Å². The van der Waals surface area contributed by atoms with E-state index in [4.69, 9.17) is 11.6 Å². The van der Waals surface area contributed by atoms with Crippen molar-refractivity contribution in [2.75, 3.05) is 5.01 Å². The Morgan fingerprint density at radius 3 is 2.69 bits per heavy atom. The minimum absolute atomic E-state index is 0.578. The molecule has 0 unspecified atom stereocenters. The van der Waals surface area contributed by atoms with Crippen LogP contribution in [0.25, 0.3) is 0 Å². The first kappa shape index (κ1) is 13.4. The van der Waals surface area contributed by atoms with Crippen LogP contribution in [-0.4, -0.2) is 21.1 Å². The molecule has 3 nitrogen and oxygen atoms in total. The fourth-order valence-corrected chi connectivity index (χ4v) is 4.27. The molecule has 1 aromatic rings. The summed E-state index contributed by atoms with van der Waals surface area (Å²) in [6.45, 7) is 2.21. The number of unbranched alkanes of at least 4 members (excludes halogenated alkanes) is 1. The fourth-order valence-electron chi connectivity index (χ4n) is 1.28. The Bertz CT molecular complexity index is 324. The number of para-hydroxylation sites is 1. The van der Waals surface area contributed by atoms with E-state index in [-0.39, 0.29) is 0 Å². The molecule has 4 N–H and O–H groups in total. The van der Waals surface area contributed by atoms with Crippen molar-refractivity contribution < 1.29 is 0 Å². The van der Waals surface area contributed by atoms with Gasteiger partial charge in [-0.15, -0.1) is 0 Å². The Kier molecular flexibility index (Phi) is 6.33. The molecule has 2 radical (unpaired) electrons. The second-order valence-electron chi connectivity index (χ2n) is 3.61. The second kappa shape index (κ2) is 7.57. The zero-order valence-electron chi connectivity index (χ0n) is 9.69.